The number of carbonyl (C=O) groups excluding carboxylic acids is 1. The van der Waals surface area contributed by atoms with E-state index in [0.29, 0.717) is 19.7 Å². The van der Waals surface area contributed by atoms with Gasteiger partial charge in [-0.15, -0.1) is 0 Å². The summed E-state index contributed by atoms with van der Waals surface area (Å²) < 4.78 is 5.14. The molecule has 2 N–H and O–H groups in total. The number of hydrogen-bond donors (Lipinski definition) is 2. The van der Waals surface area contributed by atoms with Gasteiger partial charge in [-0.25, -0.2) is 4.79 Å². The first kappa shape index (κ1) is 13.3. The minimum absolute atomic E-state index is 0.0737. The normalized spacial score (nSPS) is 32.5. The molecule has 0 aliphatic carbocycles. The van der Waals surface area contributed by atoms with Gasteiger partial charge in [-0.3, -0.25) is 4.79 Å². The summed E-state index contributed by atoms with van der Waals surface area (Å²) in [6.45, 7) is 4.51. The molecule has 0 bridgehead atoms. The number of ether oxygens (including phenoxy) is 1. The largest absolute Gasteiger partial charge is 0.479 e. The fourth-order valence-electron chi connectivity index (χ4n) is 2.70. The third kappa shape index (κ3) is 2.35. The smallest absolute Gasteiger partial charge is 0.334 e. The first-order valence-corrected chi connectivity index (χ1v) is 6.43. The molecule has 6 heteroatoms. The lowest BCUT2D eigenvalue weighted by molar-refractivity contribution is -0.162. The maximum absolute atomic E-state index is 12.6. The summed E-state index contributed by atoms with van der Waals surface area (Å²) in [5, 5.41) is 12.2. The molecule has 2 rings (SSSR count). The number of nitrogens with one attached hydrogen (secondary N) is 1. The zero-order valence-electron chi connectivity index (χ0n) is 10.6. The summed E-state index contributed by atoms with van der Waals surface area (Å²) in [4.78, 5) is 25.1. The van der Waals surface area contributed by atoms with Crippen LogP contribution in [0.3, 0.4) is 0 Å². The Bertz CT molecular complexity index is 339. The van der Waals surface area contributed by atoms with Crippen LogP contribution < -0.4 is 5.32 Å². The highest BCUT2D eigenvalue weighted by Gasteiger charge is 2.43. The van der Waals surface area contributed by atoms with Crippen LogP contribution in [0.2, 0.25) is 0 Å². The molecule has 0 aromatic rings. The van der Waals surface area contributed by atoms with Gasteiger partial charge in [0.15, 0.2) is 6.10 Å². The number of nitrogens with zero attached hydrogens (tertiary/aromatic N) is 1. The highest BCUT2D eigenvalue weighted by molar-refractivity contribution is 5.84. The molecule has 18 heavy (non-hydrogen) atoms. The molecular formula is C12H20N2O4. The fourth-order valence-corrected chi connectivity index (χ4v) is 2.70. The first-order valence-electron chi connectivity index (χ1n) is 6.43. The van der Waals surface area contributed by atoms with E-state index >= 15 is 0 Å². The molecule has 2 aliphatic heterocycles. The van der Waals surface area contributed by atoms with E-state index in [1.807, 2.05) is 6.92 Å². The molecular weight excluding hydrogens is 236 g/mol. The Morgan fingerprint density at radius 2 is 2.33 bits per heavy atom. The third-order valence-corrected chi connectivity index (χ3v) is 4.00. The quantitative estimate of drug-likeness (QED) is 0.724. The molecule has 6 nitrogen and oxygen atoms in total. The number of carboxylic acid groups (broad SMARTS) is 1. The number of hydrogen-bond acceptors (Lipinski definition) is 4. The van der Waals surface area contributed by atoms with E-state index in [1.54, 1.807) is 4.90 Å². The zero-order chi connectivity index (χ0) is 13.2. The Hall–Kier alpha value is -1.14. The average molecular weight is 256 g/mol. The molecule has 2 unspecified atom stereocenters. The van der Waals surface area contributed by atoms with Crippen molar-refractivity contribution in [2.75, 3.05) is 32.8 Å². The van der Waals surface area contributed by atoms with Gasteiger partial charge in [-0.05, 0) is 19.4 Å². The van der Waals surface area contributed by atoms with Gasteiger partial charge >= 0.3 is 5.97 Å². The average Bonchev–Trinajstić information content (AvgIpc) is 2.88. The summed E-state index contributed by atoms with van der Waals surface area (Å²) in [6, 6.07) is 0. The van der Waals surface area contributed by atoms with Crippen LogP contribution >= 0.6 is 0 Å². The van der Waals surface area contributed by atoms with E-state index in [-0.39, 0.29) is 17.9 Å². The predicted molar refractivity (Wildman–Crippen MR) is 64.2 cm³/mol. The number of aliphatic carboxylic acids is 1. The lowest BCUT2D eigenvalue weighted by atomic mass is 9.82. The summed E-state index contributed by atoms with van der Waals surface area (Å²) in [5.74, 6) is -0.924. The summed E-state index contributed by atoms with van der Waals surface area (Å²) >= 11 is 0. The monoisotopic (exact) mass is 256 g/mol. The van der Waals surface area contributed by atoms with Crippen molar-refractivity contribution in [2.45, 2.75) is 25.9 Å². The van der Waals surface area contributed by atoms with E-state index < -0.39 is 12.1 Å². The number of carbonyl (C=O) groups is 2. The zero-order valence-corrected chi connectivity index (χ0v) is 10.6. The lowest BCUT2D eigenvalue weighted by Crippen LogP contribution is -2.53. The molecule has 102 valence electrons. The molecule has 0 spiro atoms. The van der Waals surface area contributed by atoms with Gasteiger partial charge in [0, 0.05) is 13.1 Å². The summed E-state index contributed by atoms with van der Waals surface area (Å²) in [5.41, 5.74) is -0.347. The predicted octanol–water partition coefficient (Wildman–Crippen LogP) is -0.312. The Kier molecular flexibility index (Phi) is 3.87. The van der Waals surface area contributed by atoms with Gasteiger partial charge in [0.2, 0.25) is 5.91 Å². The van der Waals surface area contributed by atoms with Gasteiger partial charge in [-0.2, -0.15) is 0 Å². The van der Waals surface area contributed by atoms with Crippen LogP contribution in [0.4, 0.5) is 0 Å². The number of carboxylic acids is 1. The van der Waals surface area contributed by atoms with Crippen molar-refractivity contribution >= 4 is 11.9 Å². The van der Waals surface area contributed by atoms with Crippen LogP contribution in [0.25, 0.3) is 0 Å². The lowest BCUT2D eigenvalue weighted by Gasteiger charge is -2.37. The van der Waals surface area contributed by atoms with Gasteiger partial charge < -0.3 is 20.1 Å². The molecule has 2 fully saturated rings. The molecule has 1 amide bonds. The molecule has 0 aromatic carbocycles. The maximum atomic E-state index is 12.6. The van der Waals surface area contributed by atoms with E-state index in [2.05, 4.69) is 5.32 Å². The van der Waals surface area contributed by atoms with Crippen LogP contribution in [0, 0.1) is 5.41 Å². The van der Waals surface area contributed by atoms with Gasteiger partial charge in [0.05, 0.1) is 18.6 Å². The van der Waals surface area contributed by atoms with E-state index in [0.717, 1.165) is 19.4 Å². The van der Waals surface area contributed by atoms with E-state index in [1.165, 1.54) is 0 Å². The maximum Gasteiger partial charge on any atom is 0.334 e. The fraction of sp³-hybridized carbons (Fsp3) is 0.833. The molecule has 0 aromatic heterocycles. The van der Waals surface area contributed by atoms with Crippen molar-refractivity contribution in [3.05, 3.63) is 0 Å². The van der Waals surface area contributed by atoms with Crippen LogP contribution in [-0.2, 0) is 14.3 Å². The van der Waals surface area contributed by atoms with Crippen molar-refractivity contribution < 1.29 is 19.4 Å². The molecule has 2 heterocycles. The SMILES string of the molecule is CCC1(C(=O)N2CCOC(C(=O)O)C2)CCNC1. The minimum Gasteiger partial charge on any atom is -0.479 e. The third-order valence-electron chi connectivity index (χ3n) is 4.00. The van der Waals surface area contributed by atoms with Crippen LogP contribution in [-0.4, -0.2) is 60.8 Å². The van der Waals surface area contributed by atoms with Gasteiger partial charge in [-0.1, -0.05) is 6.92 Å². The van der Waals surface area contributed by atoms with Crippen molar-refractivity contribution in [3.8, 4) is 0 Å². The second-order valence-electron chi connectivity index (χ2n) is 5.01. The van der Waals surface area contributed by atoms with Crippen LogP contribution in [0.15, 0.2) is 0 Å². The molecule has 0 saturated carbocycles. The minimum atomic E-state index is -0.998. The van der Waals surface area contributed by atoms with E-state index in [4.69, 9.17) is 9.84 Å². The van der Waals surface area contributed by atoms with Crippen LogP contribution in [0.1, 0.15) is 19.8 Å². The highest BCUT2D eigenvalue weighted by atomic mass is 16.5. The molecule has 2 atom stereocenters. The van der Waals surface area contributed by atoms with Crippen molar-refractivity contribution in [1.82, 2.24) is 10.2 Å². The topological polar surface area (TPSA) is 78.9 Å². The van der Waals surface area contributed by atoms with Crippen molar-refractivity contribution in [3.63, 3.8) is 0 Å². The standard InChI is InChI=1S/C12H20N2O4/c1-2-12(3-4-13-8-12)11(17)14-5-6-18-9(7-14)10(15)16/h9,13H,2-8H2,1H3,(H,15,16). The Balaban J connectivity index is 2.06. The molecule has 2 saturated heterocycles. The van der Waals surface area contributed by atoms with Crippen molar-refractivity contribution in [2.24, 2.45) is 5.41 Å². The van der Waals surface area contributed by atoms with Crippen LogP contribution in [0.5, 0.6) is 0 Å². The number of rotatable bonds is 3. The molecule has 0 radical (unpaired) electrons. The second-order valence-corrected chi connectivity index (χ2v) is 5.01. The van der Waals surface area contributed by atoms with E-state index in [9.17, 15) is 9.59 Å². The summed E-state index contributed by atoms with van der Waals surface area (Å²) in [7, 11) is 0. The number of amides is 1. The Morgan fingerprint density at radius 3 is 2.89 bits per heavy atom. The summed E-state index contributed by atoms with van der Waals surface area (Å²) in [6.07, 6.45) is 0.733. The second kappa shape index (κ2) is 5.24. The van der Waals surface area contributed by atoms with Crippen molar-refractivity contribution in [1.29, 1.82) is 0 Å². The molecule has 2 aliphatic rings. The number of morpholine rings is 1. The van der Waals surface area contributed by atoms with Gasteiger partial charge in [0.25, 0.3) is 0 Å². The van der Waals surface area contributed by atoms with Gasteiger partial charge in [0.1, 0.15) is 0 Å². The highest BCUT2D eigenvalue weighted by Crippen LogP contribution is 2.32. The Labute approximate surface area is 106 Å². The first-order chi connectivity index (χ1) is 8.59. The Morgan fingerprint density at radius 1 is 1.56 bits per heavy atom.